The zero-order valence-electron chi connectivity index (χ0n) is 17.6. The van der Waals surface area contributed by atoms with E-state index in [1.807, 2.05) is 29.9 Å². The summed E-state index contributed by atoms with van der Waals surface area (Å²) in [6.45, 7) is 8.36. The van der Waals surface area contributed by atoms with Crippen LogP contribution >= 0.6 is 0 Å². The van der Waals surface area contributed by atoms with Crippen LogP contribution in [0.15, 0.2) is 36.8 Å². The SMILES string of the molecule is COc1nc(-c2ncc3cc(N4C[C@H](C)N[C@@H](C)C4)ccc3n2)cn2cc(C)nc12. The van der Waals surface area contributed by atoms with E-state index >= 15 is 0 Å². The second kappa shape index (κ2) is 7.21. The zero-order chi connectivity index (χ0) is 20.8. The molecule has 8 nitrogen and oxygen atoms in total. The molecule has 0 aliphatic carbocycles. The lowest BCUT2D eigenvalue weighted by atomic mass is 10.1. The van der Waals surface area contributed by atoms with Gasteiger partial charge in [0.1, 0.15) is 5.69 Å². The van der Waals surface area contributed by atoms with Gasteiger partial charge in [-0.05, 0) is 39.0 Å². The number of nitrogens with one attached hydrogen (secondary N) is 1. The fraction of sp³-hybridized carbons (Fsp3) is 0.364. The number of ether oxygens (including phenoxy) is 1. The van der Waals surface area contributed by atoms with Crippen molar-refractivity contribution in [1.29, 1.82) is 0 Å². The number of methoxy groups -OCH3 is 1. The van der Waals surface area contributed by atoms with Gasteiger partial charge in [0.2, 0.25) is 5.65 Å². The molecule has 154 valence electrons. The maximum absolute atomic E-state index is 5.43. The molecule has 1 aliphatic heterocycles. The number of aryl methyl sites for hydroxylation is 1. The standard InChI is InChI=1S/C22H25N7O/c1-13-9-28(10-14(2)24-13)17-5-6-18-16(7-17)8-23-20(26-18)19-12-29-11-15(3)25-21(29)22(27-19)30-4/h5-8,11-14,24H,9-10H2,1-4H3/t13-,14-/m0/s1. The highest BCUT2D eigenvalue weighted by Crippen LogP contribution is 2.26. The van der Waals surface area contributed by atoms with E-state index in [-0.39, 0.29) is 0 Å². The van der Waals surface area contributed by atoms with E-state index in [4.69, 9.17) is 9.72 Å². The molecule has 1 aromatic carbocycles. The number of rotatable bonds is 3. The van der Waals surface area contributed by atoms with Gasteiger partial charge in [-0.25, -0.2) is 19.9 Å². The van der Waals surface area contributed by atoms with Crippen LogP contribution in [0, 0.1) is 6.92 Å². The first-order chi connectivity index (χ1) is 14.5. The number of hydrogen-bond donors (Lipinski definition) is 1. The summed E-state index contributed by atoms with van der Waals surface area (Å²) in [5.41, 5.74) is 4.32. The normalized spacial score (nSPS) is 19.5. The third-order valence-corrected chi connectivity index (χ3v) is 5.44. The van der Waals surface area contributed by atoms with Gasteiger partial charge in [-0.1, -0.05) is 0 Å². The molecule has 30 heavy (non-hydrogen) atoms. The largest absolute Gasteiger partial charge is 0.478 e. The summed E-state index contributed by atoms with van der Waals surface area (Å²) in [6.07, 6.45) is 5.69. The molecule has 0 radical (unpaired) electrons. The second-order valence-electron chi connectivity index (χ2n) is 8.06. The van der Waals surface area contributed by atoms with Crippen LogP contribution in [0.1, 0.15) is 19.5 Å². The van der Waals surface area contributed by atoms with Crippen LogP contribution in [-0.2, 0) is 0 Å². The number of imidazole rings is 1. The van der Waals surface area contributed by atoms with Crippen molar-refractivity contribution in [3.63, 3.8) is 0 Å². The maximum atomic E-state index is 5.43. The molecule has 8 heteroatoms. The average molecular weight is 403 g/mol. The number of piperazine rings is 1. The minimum absolute atomic E-state index is 0.460. The Hall–Kier alpha value is -3.26. The van der Waals surface area contributed by atoms with Crippen molar-refractivity contribution < 1.29 is 4.74 Å². The first-order valence-corrected chi connectivity index (χ1v) is 10.2. The van der Waals surface area contributed by atoms with Gasteiger partial charge in [0, 0.05) is 54.8 Å². The Labute approximate surface area is 175 Å². The van der Waals surface area contributed by atoms with E-state index in [0.29, 0.717) is 35.1 Å². The molecular formula is C22H25N7O. The molecule has 4 aromatic rings. The lowest BCUT2D eigenvalue weighted by molar-refractivity contribution is 0.400. The molecule has 1 fully saturated rings. The van der Waals surface area contributed by atoms with E-state index in [0.717, 1.165) is 29.7 Å². The van der Waals surface area contributed by atoms with Gasteiger partial charge in [0.25, 0.3) is 5.88 Å². The second-order valence-corrected chi connectivity index (χ2v) is 8.06. The third kappa shape index (κ3) is 3.33. The fourth-order valence-electron chi connectivity index (χ4n) is 4.22. The van der Waals surface area contributed by atoms with E-state index < -0.39 is 0 Å². The first kappa shape index (κ1) is 18.7. The maximum Gasteiger partial charge on any atom is 0.258 e. The molecule has 0 bridgehead atoms. The van der Waals surface area contributed by atoms with E-state index in [2.05, 4.69) is 57.2 Å². The topological polar surface area (TPSA) is 80.5 Å². The van der Waals surface area contributed by atoms with Gasteiger partial charge in [-0.2, -0.15) is 0 Å². The molecule has 0 saturated carbocycles. The van der Waals surface area contributed by atoms with E-state index in [9.17, 15) is 0 Å². The Kier molecular flexibility index (Phi) is 4.51. The van der Waals surface area contributed by atoms with Crippen LogP contribution < -0.4 is 15.0 Å². The van der Waals surface area contributed by atoms with Crippen molar-refractivity contribution in [2.75, 3.05) is 25.1 Å². The molecule has 4 heterocycles. The molecular weight excluding hydrogens is 378 g/mol. The van der Waals surface area contributed by atoms with Gasteiger partial charge >= 0.3 is 0 Å². The molecule has 5 rings (SSSR count). The molecule has 0 spiro atoms. The Morgan fingerprint density at radius 3 is 2.63 bits per heavy atom. The number of hydrogen-bond acceptors (Lipinski definition) is 7. The summed E-state index contributed by atoms with van der Waals surface area (Å²) in [7, 11) is 1.59. The van der Waals surface area contributed by atoms with Crippen molar-refractivity contribution in [3.05, 3.63) is 42.5 Å². The van der Waals surface area contributed by atoms with E-state index in [1.165, 1.54) is 5.69 Å². The molecule has 3 aromatic heterocycles. The van der Waals surface area contributed by atoms with Gasteiger partial charge in [-0.3, -0.25) is 4.40 Å². The minimum atomic E-state index is 0.460. The molecule has 2 atom stereocenters. The number of aromatic nitrogens is 5. The van der Waals surface area contributed by atoms with Crippen molar-refractivity contribution in [1.82, 2.24) is 29.7 Å². The Morgan fingerprint density at radius 1 is 1.07 bits per heavy atom. The van der Waals surface area contributed by atoms with Gasteiger partial charge in [0.15, 0.2) is 5.82 Å². The Bertz CT molecular complexity index is 1230. The summed E-state index contributed by atoms with van der Waals surface area (Å²) in [6, 6.07) is 7.29. The molecule has 0 unspecified atom stereocenters. The van der Waals surface area contributed by atoms with Crippen LogP contribution in [0.5, 0.6) is 5.88 Å². The Morgan fingerprint density at radius 2 is 1.87 bits per heavy atom. The number of nitrogens with zero attached hydrogens (tertiary/aromatic N) is 6. The average Bonchev–Trinajstić information content (AvgIpc) is 3.11. The molecule has 1 N–H and O–H groups in total. The number of benzene rings is 1. The Balaban J connectivity index is 1.52. The lowest BCUT2D eigenvalue weighted by Gasteiger charge is -2.37. The predicted molar refractivity (Wildman–Crippen MR) is 117 cm³/mol. The summed E-state index contributed by atoms with van der Waals surface area (Å²) < 4.78 is 7.33. The minimum Gasteiger partial charge on any atom is -0.478 e. The molecule has 0 amide bonds. The van der Waals surface area contributed by atoms with E-state index in [1.54, 1.807) is 7.11 Å². The number of fused-ring (bicyclic) bond motifs is 2. The quantitative estimate of drug-likeness (QED) is 0.563. The fourth-order valence-corrected chi connectivity index (χ4v) is 4.22. The van der Waals surface area contributed by atoms with Crippen LogP contribution in [0.3, 0.4) is 0 Å². The zero-order valence-corrected chi connectivity index (χ0v) is 17.6. The van der Waals surface area contributed by atoms with Gasteiger partial charge in [0.05, 0.1) is 18.3 Å². The smallest absolute Gasteiger partial charge is 0.258 e. The lowest BCUT2D eigenvalue weighted by Crippen LogP contribution is -2.54. The van der Waals surface area contributed by atoms with Crippen molar-refractivity contribution >= 4 is 22.2 Å². The molecule has 1 aliphatic rings. The highest BCUT2D eigenvalue weighted by atomic mass is 16.5. The summed E-state index contributed by atoms with van der Waals surface area (Å²) in [5.74, 6) is 1.02. The highest BCUT2D eigenvalue weighted by molar-refractivity contribution is 5.83. The van der Waals surface area contributed by atoms with Crippen LogP contribution in [0.2, 0.25) is 0 Å². The van der Waals surface area contributed by atoms with Gasteiger partial charge in [-0.15, -0.1) is 0 Å². The summed E-state index contributed by atoms with van der Waals surface area (Å²) >= 11 is 0. The van der Waals surface area contributed by atoms with Crippen LogP contribution in [0.4, 0.5) is 5.69 Å². The van der Waals surface area contributed by atoms with Crippen LogP contribution in [-0.4, -0.2) is 56.6 Å². The monoisotopic (exact) mass is 403 g/mol. The predicted octanol–water partition coefficient (Wildman–Crippen LogP) is 2.84. The van der Waals surface area contributed by atoms with Crippen LogP contribution in [0.25, 0.3) is 28.1 Å². The molecule has 1 saturated heterocycles. The summed E-state index contributed by atoms with van der Waals surface area (Å²) in [4.78, 5) is 20.8. The third-order valence-electron chi connectivity index (χ3n) is 5.44. The van der Waals surface area contributed by atoms with Gasteiger partial charge < -0.3 is 15.0 Å². The first-order valence-electron chi connectivity index (χ1n) is 10.2. The summed E-state index contributed by atoms with van der Waals surface area (Å²) in [5, 5.41) is 4.59. The number of anilines is 1. The van der Waals surface area contributed by atoms with Crippen molar-refractivity contribution in [3.8, 4) is 17.4 Å². The van der Waals surface area contributed by atoms with Crippen molar-refractivity contribution in [2.45, 2.75) is 32.9 Å². The highest BCUT2D eigenvalue weighted by Gasteiger charge is 2.21. The van der Waals surface area contributed by atoms with Crippen molar-refractivity contribution in [2.24, 2.45) is 0 Å².